The lowest BCUT2D eigenvalue weighted by molar-refractivity contribution is -0.274. The Morgan fingerprint density at radius 1 is 1.06 bits per heavy atom. The molecule has 2 aromatic carbocycles. The zero-order valence-electron chi connectivity index (χ0n) is 15.8. The molecule has 0 atom stereocenters. The molecule has 2 aromatic heterocycles. The number of alkyl halides is 3. The average molecular weight is 448 g/mol. The van der Waals surface area contributed by atoms with Crippen molar-refractivity contribution in [3.8, 4) is 22.8 Å². The van der Waals surface area contributed by atoms with Crippen molar-refractivity contribution < 1.29 is 32.5 Å². The van der Waals surface area contributed by atoms with Crippen LogP contribution in [0.3, 0.4) is 0 Å². The van der Waals surface area contributed by atoms with Gasteiger partial charge in [-0.25, -0.2) is 4.79 Å². The Kier molecular flexibility index (Phi) is 5.55. The summed E-state index contributed by atoms with van der Waals surface area (Å²) in [5.74, 6) is -1.07. The highest BCUT2D eigenvalue weighted by Crippen LogP contribution is 2.28. The number of benzene rings is 2. The molecule has 0 fully saturated rings. The number of rotatable bonds is 7. The molecule has 4 aromatic rings. The molecular weight excluding hydrogens is 433 g/mol. The minimum Gasteiger partial charge on any atom is -0.492 e. The number of nitrogens with zero attached hydrogens (tertiary/aromatic N) is 2. The first-order valence-electron chi connectivity index (χ1n) is 9.06. The maximum absolute atomic E-state index is 12.2. The van der Waals surface area contributed by atoms with Gasteiger partial charge in [0, 0.05) is 21.8 Å². The third-order valence-corrected chi connectivity index (χ3v) is 5.05. The predicted octanol–water partition coefficient (Wildman–Crippen LogP) is 5.44. The summed E-state index contributed by atoms with van der Waals surface area (Å²) in [7, 11) is 0. The van der Waals surface area contributed by atoms with Crippen LogP contribution in [0, 0.1) is 0 Å². The Labute approximate surface area is 178 Å². The molecular formula is C21H15F3N2O4S. The van der Waals surface area contributed by atoms with Gasteiger partial charge in [-0.2, -0.15) is 4.37 Å². The number of carbonyl (C=O) groups is 1. The van der Waals surface area contributed by atoms with Crippen molar-refractivity contribution in [2.24, 2.45) is 0 Å². The van der Waals surface area contributed by atoms with Crippen LogP contribution in [-0.2, 0) is 6.54 Å². The van der Waals surface area contributed by atoms with E-state index in [1.807, 2.05) is 29.6 Å². The maximum atomic E-state index is 12.2. The topological polar surface area (TPSA) is 73.6 Å². The minimum absolute atomic E-state index is 0.114. The number of hydrogen-bond acceptors (Lipinski definition) is 5. The van der Waals surface area contributed by atoms with Gasteiger partial charge >= 0.3 is 12.3 Å². The molecule has 0 spiro atoms. The lowest BCUT2D eigenvalue weighted by atomic mass is 10.1. The second-order valence-electron chi connectivity index (χ2n) is 6.51. The summed E-state index contributed by atoms with van der Waals surface area (Å²) in [6, 6.07) is 14.1. The minimum atomic E-state index is -4.76. The van der Waals surface area contributed by atoms with E-state index in [4.69, 9.17) is 4.74 Å². The van der Waals surface area contributed by atoms with Gasteiger partial charge in [0.05, 0.1) is 12.2 Å². The summed E-state index contributed by atoms with van der Waals surface area (Å²) in [5, 5.41) is 12.2. The van der Waals surface area contributed by atoms with Crippen LogP contribution in [-0.4, -0.2) is 33.0 Å². The van der Waals surface area contributed by atoms with Crippen molar-refractivity contribution >= 4 is 28.4 Å². The van der Waals surface area contributed by atoms with E-state index < -0.39 is 12.3 Å². The van der Waals surface area contributed by atoms with E-state index in [9.17, 15) is 23.1 Å². The fraction of sp³-hybridized carbons (Fsp3) is 0.143. The number of carboxylic acid groups (broad SMARTS) is 1. The Morgan fingerprint density at radius 3 is 2.45 bits per heavy atom. The molecule has 2 heterocycles. The van der Waals surface area contributed by atoms with Crippen LogP contribution in [0.4, 0.5) is 13.2 Å². The van der Waals surface area contributed by atoms with E-state index in [1.165, 1.54) is 23.7 Å². The Hall–Kier alpha value is -3.53. The SMILES string of the molecule is O=C(O)c1cc2cc(-c3ccsn3)ccc2n1CCOc1ccc(OC(F)(F)F)cc1. The lowest BCUT2D eigenvalue weighted by Gasteiger charge is -2.12. The van der Waals surface area contributed by atoms with E-state index in [1.54, 1.807) is 10.6 Å². The van der Waals surface area contributed by atoms with E-state index in [0.717, 1.165) is 34.3 Å². The number of halogens is 3. The zero-order valence-corrected chi connectivity index (χ0v) is 16.6. The molecule has 0 saturated heterocycles. The van der Waals surface area contributed by atoms with E-state index in [-0.39, 0.29) is 24.6 Å². The van der Waals surface area contributed by atoms with E-state index >= 15 is 0 Å². The smallest absolute Gasteiger partial charge is 0.492 e. The molecule has 0 saturated carbocycles. The van der Waals surface area contributed by atoms with Crippen LogP contribution in [0.25, 0.3) is 22.2 Å². The number of aromatic nitrogens is 2. The first-order valence-corrected chi connectivity index (χ1v) is 9.90. The first kappa shape index (κ1) is 20.7. The van der Waals surface area contributed by atoms with Crippen molar-refractivity contribution in [2.45, 2.75) is 12.9 Å². The number of carboxylic acids is 1. The van der Waals surface area contributed by atoms with Crippen molar-refractivity contribution in [1.29, 1.82) is 0 Å². The molecule has 31 heavy (non-hydrogen) atoms. The first-order chi connectivity index (χ1) is 14.8. The predicted molar refractivity (Wildman–Crippen MR) is 109 cm³/mol. The van der Waals surface area contributed by atoms with E-state index in [2.05, 4.69) is 9.11 Å². The highest BCUT2D eigenvalue weighted by atomic mass is 32.1. The molecule has 0 radical (unpaired) electrons. The second kappa shape index (κ2) is 8.31. The van der Waals surface area contributed by atoms with Gasteiger partial charge in [-0.15, -0.1) is 13.2 Å². The van der Waals surface area contributed by atoms with Crippen LogP contribution in [0.2, 0.25) is 0 Å². The molecule has 10 heteroatoms. The fourth-order valence-corrected chi connectivity index (χ4v) is 3.73. The van der Waals surface area contributed by atoms with Crippen LogP contribution in [0.1, 0.15) is 10.5 Å². The zero-order chi connectivity index (χ0) is 22.0. The normalized spacial score (nSPS) is 11.6. The summed E-state index contributed by atoms with van der Waals surface area (Å²) in [4.78, 5) is 11.7. The van der Waals surface area contributed by atoms with Crippen molar-refractivity contribution in [3.05, 3.63) is 65.7 Å². The number of aromatic carboxylic acids is 1. The number of ether oxygens (including phenoxy) is 2. The van der Waals surface area contributed by atoms with Crippen molar-refractivity contribution in [3.63, 3.8) is 0 Å². The van der Waals surface area contributed by atoms with Gasteiger partial charge in [-0.3, -0.25) is 0 Å². The van der Waals surface area contributed by atoms with Gasteiger partial charge in [0.2, 0.25) is 0 Å². The van der Waals surface area contributed by atoms with Crippen LogP contribution in [0.15, 0.2) is 60.0 Å². The molecule has 0 bridgehead atoms. The molecule has 1 N–H and O–H groups in total. The summed E-state index contributed by atoms with van der Waals surface area (Å²) >= 11 is 1.34. The van der Waals surface area contributed by atoms with E-state index in [0.29, 0.717) is 5.75 Å². The number of fused-ring (bicyclic) bond motifs is 1. The summed E-state index contributed by atoms with van der Waals surface area (Å²) in [6.07, 6.45) is -4.76. The Balaban J connectivity index is 1.50. The molecule has 160 valence electrons. The van der Waals surface area contributed by atoms with Crippen LogP contribution in [0.5, 0.6) is 11.5 Å². The summed E-state index contributed by atoms with van der Waals surface area (Å²) < 4.78 is 52.0. The Bertz CT molecular complexity index is 1200. The van der Waals surface area contributed by atoms with Crippen LogP contribution < -0.4 is 9.47 Å². The average Bonchev–Trinajstić information content (AvgIpc) is 3.36. The van der Waals surface area contributed by atoms with Gasteiger partial charge in [0.25, 0.3) is 0 Å². The molecule has 6 nitrogen and oxygen atoms in total. The fourth-order valence-electron chi connectivity index (χ4n) is 3.20. The highest BCUT2D eigenvalue weighted by molar-refractivity contribution is 7.03. The maximum Gasteiger partial charge on any atom is 0.573 e. The summed E-state index contributed by atoms with van der Waals surface area (Å²) in [5.41, 5.74) is 2.55. The second-order valence-corrected chi connectivity index (χ2v) is 7.18. The van der Waals surface area contributed by atoms with Gasteiger partial charge in [0.15, 0.2) is 0 Å². The molecule has 0 aliphatic carbocycles. The van der Waals surface area contributed by atoms with Crippen molar-refractivity contribution in [1.82, 2.24) is 8.94 Å². The quantitative estimate of drug-likeness (QED) is 0.408. The van der Waals surface area contributed by atoms with Crippen molar-refractivity contribution in [2.75, 3.05) is 6.61 Å². The third-order valence-electron chi connectivity index (χ3n) is 4.49. The summed E-state index contributed by atoms with van der Waals surface area (Å²) in [6.45, 7) is 0.360. The standard InChI is InChI=1S/C21H15F3N2O4S/c22-21(23,24)30-16-4-2-15(3-5-16)29-9-8-26-18-6-1-13(17-7-10-31-25-17)11-14(18)12-19(26)20(27)28/h1-7,10-12H,8-9H2,(H,27,28). The molecule has 4 rings (SSSR count). The lowest BCUT2D eigenvalue weighted by Crippen LogP contribution is -2.17. The van der Waals surface area contributed by atoms with Gasteiger partial charge in [0.1, 0.15) is 23.8 Å². The van der Waals surface area contributed by atoms with Crippen LogP contribution >= 0.6 is 11.5 Å². The van der Waals surface area contributed by atoms with Gasteiger partial charge in [-0.05, 0) is 60.1 Å². The third kappa shape index (κ3) is 4.80. The van der Waals surface area contributed by atoms with Gasteiger partial charge < -0.3 is 19.1 Å². The highest BCUT2D eigenvalue weighted by Gasteiger charge is 2.31. The molecule has 0 aliphatic heterocycles. The van der Waals surface area contributed by atoms with Gasteiger partial charge in [-0.1, -0.05) is 6.07 Å². The largest absolute Gasteiger partial charge is 0.573 e. The number of hydrogen-bond donors (Lipinski definition) is 1. The molecule has 0 aliphatic rings. The molecule has 0 amide bonds. The molecule has 0 unspecified atom stereocenters. The Morgan fingerprint density at radius 2 is 1.81 bits per heavy atom. The monoisotopic (exact) mass is 448 g/mol.